The van der Waals surface area contributed by atoms with E-state index < -0.39 is 0 Å². The molecule has 2 aromatic heterocycles. The molecule has 0 bridgehead atoms. The number of halogens is 1. The van der Waals surface area contributed by atoms with Crippen LogP contribution in [0, 0.1) is 13.8 Å². The van der Waals surface area contributed by atoms with Crippen molar-refractivity contribution in [1.29, 1.82) is 0 Å². The van der Waals surface area contributed by atoms with E-state index in [0.29, 0.717) is 10.8 Å². The number of rotatable bonds is 6. The zero-order chi connectivity index (χ0) is 20.4. The Labute approximate surface area is 177 Å². The molecule has 0 spiro atoms. The summed E-state index contributed by atoms with van der Waals surface area (Å²) in [6.45, 7) is 3.86. The van der Waals surface area contributed by atoms with Crippen molar-refractivity contribution in [2.75, 3.05) is 7.11 Å². The third-order valence-electron chi connectivity index (χ3n) is 4.59. The number of nitrogens with zero attached hydrogens (tertiary/aromatic N) is 4. The maximum Gasteiger partial charge on any atom is 0.196 e. The summed E-state index contributed by atoms with van der Waals surface area (Å²) in [5.41, 5.74) is 3.85. The molecule has 0 unspecified atom stereocenters. The van der Waals surface area contributed by atoms with Crippen molar-refractivity contribution in [3.63, 3.8) is 0 Å². The molecule has 0 amide bonds. The first-order chi connectivity index (χ1) is 14.1. The fraction of sp³-hybridized carbons (Fsp3) is 0.190. The molecule has 0 fully saturated rings. The lowest BCUT2D eigenvalue weighted by molar-refractivity contribution is 0.392. The minimum atomic E-state index is 0.678. The average Bonchev–Trinajstić information content (AvgIpc) is 3.30. The summed E-state index contributed by atoms with van der Waals surface area (Å²) in [5, 5.41) is 14.4. The molecule has 2 heterocycles. The van der Waals surface area contributed by atoms with Gasteiger partial charge in [0, 0.05) is 27.6 Å². The van der Waals surface area contributed by atoms with E-state index in [2.05, 4.69) is 15.4 Å². The van der Waals surface area contributed by atoms with Crippen molar-refractivity contribution in [3.05, 3.63) is 70.6 Å². The summed E-state index contributed by atoms with van der Waals surface area (Å²) in [7, 11) is 1.65. The molecule has 0 saturated heterocycles. The van der Waals surface area contributed by atoms with Crippen LogP contribution in [0.5, 0.6) is 5.75 Å². The van der Waals surface area contributed by atoms with Crippen LogP contribution in [-0.2, 0) is 5.75 Å². The number of benzene rings is 2. The summed E-state index contributed by atoms with van der Waals surface area (Å²) in [4.78, 5) is 0. The monoisotopic (exact) mass is 426 g/mol. The number of aromatic nitrogens is 4. The Bertz CT molecular complexity index is 1100. The largest absolute Gasteiger partial charge is 0.497 e. The first-order valence-electron chi connectivity index (χ1n) is 8.97. The van der Waals surface area contributed by atoms with Gasteiger partial charge in [0.1, 0.15) is 11.5 Å². The molecule has 0 saturated carbocycles. The van der Waals surface area contributed by atoms with Gasteiger partial charge < -0.3 is 9.26 Å². The minimum absolute atomic E-state index is 0.678. The van der Waals surface area contributed by atoms with E-state index in [1.807, 2.05) is 66.9 Å². The Balaban J connectivity index is 1.75. The first-order valence-corrected chi connectivity index (χ1v) is 10.3. The number of hydrogen-bond donors (Lipinski definition) is 0. The highest BCUT2D eigenvalue weighted by atomic mass is 35.5. The lowest BCUT2D eigenvalue weighted by Crippen LogP contribution is -2.00. The number of aryl methyl sites for hydroxylation is 2. The molecule has 148 valence electrons. The molecule has 2 aromatic carbocycles. The highest BCUT2D eigenvalue weighted by Crippen LogP contribution is 2.32. The van der Waals surface area contributed by atoms with Crippen LogP contribution >= 0.6 is 23.4 Å². The summed E-state index contributed by atoms with van der Waals surface area (Å²) < 4.78 is 12.6. The van der Waals surface area contributed by atoms with Gasteiger partial charge in [-0.05, 0) is 62.4 Å². The highest BCUT2D eigenvalue weighted by Gasteiger charge is 2.18. The predicted octanol–water partition coefficient (Wildman–Crippen LogP) is 5.49. The Kier molecular flexibility index (Phi) is 5.60. The third kappa shape index (κ3) is 4.02. The Morgan fingerprint density at radius 3 is 2.38 bits per heavy atom. The molecule has 6 nitrogen and oxygen atoms in total. The zero-order valence-corrected chi connectivity index (χ0v) is 17.8. The molecule has 4 rings (SSSR count). The van der Waals surface area contributed by atoms with Crippen LogP contribution in [-0.4, -0.2) is 27.0 Å². The Hall–Kier alpha value is -2.77. The summed E-state index contributed by atoms with van der Waals surface area (Å²) in [5.74, 6) is 3.05. The Morgan fingerprint density at radius 1 is 1.03 bits per heavy atom. The molecule has 0 aliphatic heterocycles. The molecule has 0 aliphatic rings. The first kappa shape index (κ1) is 19.5. The van der Waals surface area contributed by atoms with Gasteiger partial charge in [0.05, 0.1) is 12.8 Å². The molecule has 0 aliphatic carbocycles. The van der Waals surface area contributed by atoms with Gasteiger partial charge in [0.15, 0.2) is 11.0 Å². The fourth-order valence-corrected chi connectivity index (χ4v) is 4.19. The van der Waals surface area contributed by atoms with E-state index in [9.17, 15) is 0 Å². The lowest BCUT2D eigenvalue weighted by Gasteiger charge is -2.11. The number of thioether (sulfide) groups is 1. The van der Waals surface area contributed by atoms with E-state index in [1.165, 1.54) is 0 Å². The topological polar surface area (TPSA) is 66.0 Å². The quantitative estimate of drug-likeness (QED) is 0.379. The van der Waals surface area contributed by atoms with Gasteiger partial charge in [-0.15, -0.1) is 10.2 Å². The van der Waals surface area contributed by atoms with E-state index in [1.54, 1.807) is 18.9 Å². The average molecular weight is 427 g/mol. The van der Waals surface area contributed by atoms with Gasteiger partial charge in [0.25, 0.3) is 0 Å². The van der Waals surface area contributed by atoms with Crippen molar-refractivity contribution in [2.45, 2.75) is 24.8 Å². The van der Waals surface area contributed by atoms with Gasteiger partial charge in [-0.3, -0.25) is 4.57 Å². The number of ether oxygens (including phenoxy) is 1. The highest BCUT2D eigenvalue weighted by molar-refractivity contribution is 7.98. The summed E-state index contributed by atoms with van der Waals surface area (Å²) in [6.07, 6.45) is 0. The van der Waals surface area contributed by atoms with Gasteiger partial charge >= 0.3 is 0 Å². The molecule has 0 atom stereocenters. The third-order valence-corrected chi connectivity index (χ3v) is 5.80. The van der Waals surface area contributed by atoms with E-state index in [4.69, 9.17) is 20.9 Å². The molecule has 4 aromatic rings. The van der Waals surface area contributed by atoms with Crippen LogP contribution in [0.3, 0.4) is 0 Å². The Morgan fingerprint density at radius 2 is 1.76 bits per heavy atom. The van der Waals surface area contributed by atoms with Crippen LogP contribution in [0.15, 0.2) is 58.2 Å². The SMILES string of the molecule is COc1ccc(-n2c(SCc3c(C)noc3C)nnc2-c2ccc(Cl)cc2)cc1. The molecule has 0 N–H and O–H groups in total. The van der Waals surface area contributed by atoms with Crippen molar-refractivity contribution >= 4 is 23.4 Å². The van der Waals surface area contributed by atoms with Crippen molar-refractivity contribution < 1.29 is 9.26 Å². The normalized spacial score (nSPS) is 11.0. The predicted molar refractivity (Wildman–Crippen MR) is 114 cm³/mol. The maximum absolute atomic E-state index is 6.06. The fourth-order valence-electron chi connectivity index (χ4n) is 2.96. The van der Waals surface area contributed by atoms with Crippen molar-refractivity contribution in [1.82, 2.24) is 19.9 Å². The molecule has 0 radical (unpaired) electrons. The minimum Gasteiger partial charge on any atom is -0.497 e. The van der Waals surface area contributed by atoms with Crippen molar-refractivity contribution in [2.24, 2.45) is 0 Å². The van der Waals surface area contributed by atoms with Gasteiger partial charge in [-0.1, -0.05) is 28.5 Å². The lowest BCUT2D eigenvalue weighted by atomic mass is 10.2. The molecular formula is C21H19ClN4O2S. The summed E-state index contributed by atoms with van der Waals surface area (Å²) in [6, 6.07) is 15.4. The second kappa shape index (κ2) is 8.31. The van der Waals surface area contributed by atoms with Crippen LogP contribution in [0.4, 0.5) is 0 Å². The smallest absolute Gasteiger partial charge is 0.196 e. The van der Waals surface area contributed by atoms with Crippen LogP contribution in [0.2, 0.25) is 5.02 Å². The van der Waals surface area contributed by atoms with E-state index in [-0.39, 0.29) is 0 Å². The van der Waals surface area contributed by atoms with Crippen molar-refractivity contribution in [3.8, 4) is 22.8 Å². The summed E-state index contributed by atoms with van der Waals surface area (Å²) >= 11 is 7.64. The maximum atomic E-state index is 6.06. The number of hydrogen-bond acceptors (Lipinski definition) is 6. The van der Waals surface area contributed by atoms with Gasteiger partial charge in [0.2, 0.25) is 0 Å². The second-order valence-electron chi connectivity index (χ2n) is 6.44. The number of methoxy groups -OCH3 is 1. The van der Waals surface area contributed by atoms with Crippen LogP contribution < -0.4 is 4.74 Å². The van der Waals surface area contributed by atoms with E-state index in [0.717, 1.165) is 45.0 Å². The van der Waals surface area contributed by atoms with Crippen LogP contribution in [0.25, 0.3) is 17.1 Å². The standard InChI is InChI=1S/C21H19ClN4O2S/c1-13-19(14(2)28-25-13)12-29-21-24-23-20(15-4-6-16(22)7-5-15)26(21)17-8-10-18(27-3)11-9-17/h4-11H,12H2,1-3H3. The zero-order valence-electron chi connectivity index (χ0n) is 16.2. The second-order valence-corrected chi connectivity index (χ2v) is 7.82. The molecule has 8 heteroatoms. The van der Waals surface area contributed by atoms with Crippen LogP contribution in [0.1, 0.15) is 17.0 Å². The van der Waals surface area contributed by atoms with E-state index >= 15 is 0 Å². The molecule has 29 heavy (non-hydrogen) atoms. The van der Waals surface area contributed by atoms with Gasteiger partial charge in [-0.25, -0.2) is 0 Å². The van der Waals surface area contributed by atoms with Gasteiger partial charge in [-0.2, -0.15) is 0 Å². The molecular weight excluding hydrogens is 408 g/mol.